The average molecular weight is 235 g/mol. The molecule has 1 nitrogen and oxygen atoms in total. The Bertz CT molecular complexity index is 532. The van der Waals surface area contributed by atoms with Gasteiger partial charge in [0.25, 0.3) is 0 Å². The summed E-state index contributed by atoms with van der Waals surface area (Å²) in [7, 11) is 0. The molecule has 3 rings (SSSR count). The minimum atomic E-state index is -0.138. The van der Waals surface area contributed by atoms with Crippen LogP contribution in [0.4, 0.5) is 4.39 Å². The van der Waals surface area contributed by atoms with Crippen LogP contribution in [-0.2, 0) is 12.8 Å². The molecule has 0 amide bonds. The highest BCUT2D eigenvalue weighted by Gasteiger charge is 2.21. The van der Waals surface area contributed by atoms with E-state index in [9.17, 15) is 4.39 Å². The predicted molar refractivity (Wildman–Crippen MR) is 66.4 cm³/mol. The number of fused-ring (bicyclic) bond motifs is 3. The van der Waals surface area contributed by atoms with E-state index in [1.54, 1.807) is 23.5 Å². The highest BCUT2D eigenvalue weighted by Crippen LogP contribution is 2.38. The first-order chi connectivity index (χ1) is 7.78. The first kappa shape index (κ1) is 10.2. The molecule has 2 N–H and O–H groups in total. The van der Waals surface area contributed by atoms with E-state index in [2.05, 4.69) is 0 Å². The number of benzene rings is 1. The average Bonchev–Trinajstić information content (AvgIpc) is 2.64. The van der Waals surface area contributed by atoms with Crippen molar-refractivity contribution in [2.45, 2.75) is 19.3 Å². The van der Waals surface area contributed by atoms with Gasteiger partial charge >= 0.3 is 0 Å². The third-order valence-electron chi connectivity index (χ3n) is 3.45. The molecule has 1 aliphatic carbocycles. The minimum absolute atomic E-state index is 0.138. The second-order valence-electron chi connectivity index (χ2n) is 4.49. The van der Waals surface area contributed by atoms with Gasteiger partial charge in [0.05, 0.1) is 0 Å². The maximum Gasteiger partial charge on any atom is 0.124 e. The van der Waals surface area contributed by atoms with Gasteiger partial charge in [-0.05, 0) is 54.8 Å². The molecule has 0 aliphatic heterocycles. The lowest BCUT2D eigenvalue weighted by Crippen LogP contribution is -2.20. The van der Waals surface area contributed by atoms with Crippen LogP contribution in [0.25, 0.3) is 10.1 Å². The number of nitrogens with two attached hydrogens (primary N) is 1. The van der Waals surface area contributed by atoms with Crippen LogP contribution < -0.4 is 5.73 Å². The topological polar surface area (TPSA) is 26.0 Å². The second-order valence-corrected chi connectivity index (χ2v) is 5.63. The Hall–Kier alpha value is -0.930. The van der Waals surface area contributed by atoms with Gasteiger partial charge in [0.1, 0.15) is 5.82 Å². The second kappa shape index (κ2) is 3.82. The Morgan fingerprint density at radius 1 is 1.44 bits per heavy atom. The van der Waals surface area contributed by atoms with Gasteiger partial charge < -0.3 is 5.73 Å². The summed E-state index contributed by atoms with van der Waals surface area (Å²) in [5.74, 6) is 0.479. The van der Waals surface area contributed by atoms with Crippen LogP contribution in [0.15, 0.2) is 18.2 Å². The fourth-order valence-electron chi connectivity index (χ4n) is 2.53. The molecule has 2 aromatic rings. The number of thiophene rings is 1. The summed E-state index contributed by atoms with van der Waals surface area (Å²) in [5.41, 5.74) is 7.16. The molecule has 1 aromatic carbocycles. The molecule has 0 saturated carbocycles. The highest BCUT2D eigenvalue weighted by molar-refractivity contribution is 7.19. The van der Waals surface area contributed by atoms with E-state index in [1.165, 1.54) is 22.2 Å². The van der Waals surface area contributed by atoms with E-state index < -0.39 is 0 Å². The number of hydrogen-bond donors (Lipinski definition) is 1. The fourth-order valence-corrected chi connectivity index (χ4v) is 3.92. The van der Waals surface area contributed by atoms with Crippen molar-refractivity contribution in [3.05, 3.63) is 34.5 Å². The van der Waals surface area contributed by atoms with Crippen molar-refractivity contribution >= 4 is 21.4 Å². The monoisotopic (exact) mass is 235 g/mol. The lowest BCUT2D eigenvalue weighted by Gasteiger charge is -2.20. The summed E-state index contributed by atoms with van der Waals surface area (Å²) in [6.07, 6.45) is 3.35. The Balaban J connectivity index is 2.12. The molecule has 0 fully saturated rings. The molecule has 0 radical (unpaired) electrons. The SMILES string of the molecule is NCC1CCc2c(sc3cc(F)ccc23)C1. The van der Waals surface area contributed by atoms with Crippen LogP contribution in [-0.4, -0.2) is 6.54 Å². The van der Waals surface area contributed by atoms with Gasteiger partial charge in [-0.1, -0.05) is 6.07 Å². The summed E-state index contributed by atoms with van der Waals surface area (Å²) in [6, 6.07) is 5.13. The van der Waals surface area contributed by atoms with Crippen molar-refractivity contribution in [3.63, 3.8) is 0 Å². The molecular weight excluding hydrogens is 221 g/mol. The van der Waals surface area contributed by atoms with E-state index in [-0.39, 0.29) is 5.82 Å². The number of halogens is 1. The van der Waals surface area contributed by atoms with Crippen molar-refractivity contribution in [3.8, 4) is 0 Å². The van der Waals surface area contributed by atoms with E-state index in [1.807, 2.05) is 6.07 Å². The molecule has 1 heterocycles. The lowest BCUT2D eigenvalue weighted by atomic mass is 9.88. The predicted octanol–water partition coefficient (Wildman–Crippen LogP) is 3.10. The molecule has 0 saturated heterocycles. The minimum Gasteiger partial charge on any atom is -0.330 e. The smallest absolute Gasteiger partial charge is 0.124 e. The summed E-state index contributed by atoms with van der Waals surface area (Å²) in [6.45, 7) is 0.766. The molecule has 3 heteroatoms. The van der Waals surface area contributed by atoms with Gasteiger partial charge in [0.2, 0.25) is 0 Å². The van der Waals surface area contributed by atoms with Crippen molar-refractivity contribution in [2.24, 2.45) is 11.7 Å². The Morgan fingerprint density at radius 2 is 2.31 bits per heavy atom. The van der Waals surface area contributed by atoms with Crippen LogP contribution in [0.2, 0.25) is 0 Å². The summed E-state index contributed by atoms with van der Waals surface area (Å²) in [5, 5.41) is 1.25. The molecule has 1 aromatic heterocycles. The maximum absolute atomic E-state index is 13.1. The van der Waals surface area contributed by atoms with E-state index >= 15 is 0 Å². The highest BCUT2D eigenvalue weighted by atomic mass is 32.1. The molecule has 84 valence electrons. The third-order valence-corrected chi connectivity index (χ3v) is 4.67. The maximum atomic E-state index is 13.1. The zero-order valence-electron chi connectivity index (χ0n) is 9.00. The first-order valence-corrected chi connectivity index (χ1v) is 6.49. The van der Waals surface area contributed by atoms with Crippen LogP contribution in [0, 0.1) is 11.7 Å². The molecule has 0 spiro atoms. The molecule has 0 bridgehead atoms. The van der Waals surface area contributed by atoms with E-state index in [4.69, 9.17) is 5.73 Å². The molecule has 1 unspecified atom stereocenters. The van der Waals surface area contributed by atoms with Crippen LogP contribution in [0.3, 0.4) is 0 Å². The van der Waals surface area contributed by atoms with Gasteiger partial charge in [0.15, 0.2) is 0 Å². The van der Waals surface area contributed by atoms with Gasteiger partial charge in [-0.2, -0.15) is 0 Å². The lowest BCUT2D eigenvalue weighted by molar-refractivity contribution is 0.476. The third kappa shape index (κ3) is 1.55. The van der Waals surface area contributed by atoms with Crippen LogP contribution in [0.5, 0.6) is 0 Å². The first-order valence-electron chi connectivity index (χ1n) is 5.68. The summed E-state index contributed by atoms with van der Waals surface area (Å²) < 4.78 is 14.2. The molecule has 1 aliphatic rings. The normalized spacial score (nSPS) is 20.0. The van der Waals surface area contributed by atoms with Crippen molar-refractivity contribution < 1.29 is 4.39 Å². The van der Waals surface area contributed by atoms with Gasteiger partial charge in [-0.15, -0.1) is 11.3 Å². The largest absolute Gasteiger partial charge is 0.330 e. The van der Waals surface area contributed by atoms with E-state index in [0.717, 1.165) is 24.1 Å². The zero-order valence-corrected chi connectivity index (χ0v) is 9.82. The quantitative estimate of drug-likeness (QED) is 0.807. The van der Waals surface area contributed by atoms with Crippen LogP contribution in [0.1, 0.15) is 16.9 Å². The molecular formula is C13H14FNS. The summed E-state index contributed by atoms with van der Waals surface area (Å²) >= 11 is 1.74. The number of hydrogen-bond acceptors (Lipinski definition) is 2. The summed E-state index contributed by atoms with van der Waals surface area (Å²) in [4.78, 5) is 1.42. The zero-order chi connectivity index (χ0) is 11.1. The Morgan fingerprint density at radius 3 is 3.12 bits per heavy atom. The van der Waals surface area contributed by atoms with Gasteiger partial charge in [-0.25, -0.2) is 4.39 Å². The number of aryl methyl sites for hydroxylation is 1. The van der Waals surface area contributed by atoms with Gasteiger partial charge in [-0.3, -0.25) is 0 Å². The van der Waals surface area contributed by atoms with Gasteiger partial charge in [0, 0.05) is 9.58 Å². The Kier molecular flexibility index (Phi) is 2.45. The van der Waals surface area contributed by atoms with E-state index in [0.29, 0.717) is 5.92 Å². The molecule has 1 atom stereocenters. The van der Waals surface area contributed by atoms with Crippen molar-refractivity contribution in [2.75, 3.05) is 6.54 Å². The standard InChI is InChI=1S/C13H14FNS/c14-9-2-4-11-10-3-1-8(7-15)5-12(10)16-13(11)6-9/h2,4,6,8H,1,3,5,7,15H2. The van der Waals surface area contributed by atoms with Crippen molar-refractivity contribution in [1.29, 1.82) is 0 Å². The van der Waals surface area contributed by atoms with Crippen molar-refractivity contribution in [1.82, 2.24) is 0 Å². The number of rotatable bonds is 1. The molecule has 16 heavy (non-hydrogen) atoms. The van der Waals surface area contributed by atoms with Crippen LogP contribution >= 0.6 is 11.3 Å². The Labute approximate surface area is 98.1 Å². The fraction of sp³-hybridized carbons (Fsp3) is 0.385.